The van der Waals surface area contributed by atoms with Crippen molar-refractivity contribution in [2.75, 3.05) is 21.3 Å². The van der Waals surface area contributed by atoms with Gasteiger partial charge in [0.2, 0.25) is 0 Å². The maximum Gasteiger partial charge on any atom is 0.337 e. The van der Waals surface area contributed by atoms with E-state index in [1.165, 1.54) is 19.2 Å². The average molecular weight is 295 g/mol. The lowest BCUT2D eigenvalue weighted by molar-refractivity contribution is -0.154. The molecule has 8 nitrogen and oxygen atoms in total. The second-order valence-electron chi connectivity index (χ2n) is 3.84. The average Bonchev–Trinajstić information content (AvgIpc) is 2.53. The summed E-state index contributed by atoms with van der Waals surface area (Å²) < 4.78 is 13.5. The van der Waals surface area contributed by atoms with Crippen LogP contribution in [-0.4, -0.2) is 39.2 Å². The second-order valence-corrected chi connectivity index (χ2v) is 3.84. The lowest BCUT2D eigenvalue weighted by atomic mass is 9.96. The zero-order valence-electron chi connectivity index (χ0n) is 11.6. The fourth-order valence-corrected chi connectivity index (χ4v) is 1.70. The third-order valence-corrected chi connectivity index (χ3v) is 2.73. The van der Waals surface area contributed by atoms with Crippen LogP contribution < -0.4 is 0 Å². The number of benzene rings is 1. The van der Waals surface area contributed by atoms with Gasteiger partial charge in [-0.1, -0.05) is 6.07 Å². The minimum absolute atomic E-state index is 0.0173. The molecular weight excluding hydrogens is 282 g/mol. The molecule has 0 bridgehead atoms. The normalized spacial score (nSPS) is 9.90. The highest BCUT2D eigenvalue weighted by Crippen LogP contribution is 2.30. The first kappa shape index (κ1) is 16.3. The van der Waals surface area contributed by atoms with Crippen LogP contribution in [0.3, 0.4) is 0 Å². The summed E-state index contributed by atoms with van der Waals surface area (Å²) in [7, 11) is 3.36. The minimum atomic E-state index is -1.46. The van der Waals surface area contributed by atoms with Gasteiger partial charge in [0, 0.05) is 5.56 Å². The highest BCUT2D eigenvalue weighted by molar-refractivity contribution is 6.02. The molecule has 0 atom stereocenters. The van der Waals surface area contributed by atoms with Crippen LogP contribution in [0.25, 0.3) is 0 Å². The van der Waals surface area contributed by atoms with E-state index < -0.39 is 23.8 Å². The second kappa shape index (κ2) is 7.13. The molecule has 0 aromatic heterocycles. The molecule has 0 heterocycles. The molecule has 112 valence electrons. The smallest absolute Gasteiger partial charge is 0.337 e. The van der Waals surface area contributed by atoms with Crippen LogP contribution in [0.1, 0.15) is 21.8 Å². The van der Waals surface area contributed by atoms with Crippen LogP contribution in [0.15, 0.2) is 23.4 Å². The number of esters is 3. The van der Waals surface area contributed by atoms with Crippen LogP contribution in [0.2, 0.25) is 0 Å². The molecular formula is C13H13NO7. The molecule has 0 saturated carbocycles. The molecule has 21 heavy (non-hydrogen) atoms. The Balaban J connectivity index is 3.38. The van der Waals surface area contributed by atoms with Crippen molar-refractivity contribution in [1.29, 1.82) is 0 Å². The van der Waals surface area contributed by atoms with Crippen molar-refractivity contribution in [2.45, 2.75) is 5.92 Å². The summed E-state index contributed by atoms with van der Waals surface area (Å²) >= 11 is 0. The number of hydrogen-bond donors (Lipinski definition) is 0. The van der Waals surface area contributed by atoms with Crippen molar-refractivity contribution in [3.8, 4) is 0 Å². The molecule has 0 fully saturated rings. The first-order valence-electron chi connectivity index (χ1n) is 5.71. The summed E-state index contributed by atoms with van der Waals surface area (Å²) in [4.78, 5) is 45.7. The fraction of sp³-hybridized carbons (Fsp3) is 0.308. The Morgan fingerprint density at radius 3 is 2.00 bits per heavy atom. The minimum Gasteiger partial charge on any atom is -0.468 e. The number of nitrogens with zero attached hydrogens (tertiary/aromatic N) is 1. The monoisotopic (exact) mass is 295 g/mol. The van der Waals surface area contributed by atoms with Crippen molar-refractivity contribution in [3.63, 3.8) is 0 Å². The molecule has 0 spiro atoms. The number of hydrogen-bond acceptors (Lipinski definition) is 8. The predicted molar refractivity (Wildman–Crippen MR) is 70.0 cm³/mol. The molecule has 0 aliphatic carbocycles. The van der Waals surface area contributed by atoms with E-state index in [9.17, 15) is 19.3 Å². The van der Waals surface area contributed by atoms with Gasteiger partial charge in [-0.2, -0.15) is 0 Å². The molecule has 0 unspecified atom stereocenters. The van der Waals surface area contributed by atoms with Crippen LogP contribution in [0.5, 0.6) is 0 Å². The van der Waals surface area contributed by atoms with E-state index in [1.807, 2.05) is 0 Å². The van der Waals surface area contributed by atoms with Crippen molar-refractivity contribution in [1.82, 2.24) is 0 Å². The van der Waals surface area contributed by atoms with E-state index in [1.54, 1.807) is 0 Å². The Hall–Kier alpha value is -2.77. The Labute approximate surface area is 120 Å². The van der Waals surface area contributed by atoms with Gasteiger partial charge in [-0.3, -0.25) is 9.59 Å². The Morgan fingerprint density at radius 1 is 1.00 bits per heavy atom. The third kappa shape index (κ3) is 3.41. The van der Waals surface area contributed by atoms with Gasteiger partial charge in [0.1, 0.15) is 5.69 Å². The van der Waals surface area contributed by atoms with Crippen molar-refractivity contribution in [2.24, 2.45) is 5.18 Å². The molecule has 0 N–H and O–H groups in total. The molecule has 0 radical (unpaired) electrons. The van der Waals surface area contributed by atoms with Crippen LogP contribution in [0.4, 0.5) is 5.69 Å². The van der Waals surface area contributed by atoms with Gasteiger partial charge in [0.15, 0.2) is 5.92 Å². The molecule has 0 amide bonds. The van der Waals surface area contributed by atoms with Gasteiger partial charge >= 0.3 is 17.9 Å². The first-order chi connectivity index (χ1) is 9.99. The molecule has 8 heteroatoms. The van der Waals surface area contributed by atoms with Crippen molar-refractivity contribution in [3.05, 3.63) is 34.2 Å². The van der Waals surface area contributed by atoms with E-state index in [2.05, 4.69) is 19.4 Å². The lowest BCUT2D eigenvalue weighted by Crippen LogP contribution is -2.24. The zero-order valence-corrected chi connectivity index (χ0v) is 11.6. The number of rotatable bonds is 5. The highest BCUT2D eigenvalue weighted by Gasteiger charge is 2.33. The maximum absolute atomic E-state index is 11.7. The van der Waals surface area contributed by atoms with Gasteiger partial charge < -0.3 is 14.2 Å². The molecule has 0 saturated heterocycles. The topological polar surface area (TPSA) is 108 Å². The quantitative estimate of drug-likeness (QED) is 0.348. The number of ether oxygens (including phenoxy) is 3. The molecule has 1 aromatic rings. The van der Waals surface area contributed by atoms with Gasteiger partial charge in [0.05, 0.1) is 26.9 Å². The first-order valence-corrected chi connectivity index (χ1v) is 5.71. The van der Waals surface area contributed by atoms with Gasteiger partial charge in [-0.05, 0) is 17.3 Å². The Kier molecular flexibility index (Phi) is 5.53. The summed E-state index contributed by atoms with van der Waals surface area (Å²) in [5.41, 5.74) is -0.209. The molecule has 0 aliphatic heterocycles. The fourth-order valence-electron chi connectivity index (χ4n) is 1.70. The highest BCUT2D eigenvalue weighted by atomic mass is 16.5. The van der Waals surface area contributed by atoms with E-state index >= 15 is 0 Å². The van der Waals surface area contributed by atoms with E-state index in [0.717, 1.165) is 20.3 Å². The van der Waals surface area contributed by atoms with E-state index in [4.69, 9.17) is 0 Å². The van der Waals surface area contributed by atoms with Crippen LogP contribution in [-0.2, 0) is 23.8 Å². The number of methoxy groups -OCH3 is 3. The van der Waals surface area contributed by atoms with Gasteiger partial charge in [0.25, 0.3) is 0 Å². The third-order valence-electron chi connectivity index (χ3n) is 2.73. The summed E-state index contributed by atoms with van der Waals surface area (Å²) in [6, 6.07) is 3.67. The lowest BCUT2D eigenvalue weighted by Gasteiger charge is -2.14. The predicted octanol–water partition coefficient (Wildman–Crippen LogP) is 1.30. The number of carbonyl (C=O) groups is 3. The standard InChI is InChI=1S/C13H13NO7/c1-19-11(15)7-4-5-8(9(6-7)14-18)10(12(16)20-2)13(17)21-3/h4-6,10H,1-3H3. The van der Waals surface area contributed by atoms with Crippen molar-refractivity contribution < 1.29 is 28.6 Å². The molecule has 1 rings (SSSR count). The van der Waals surface area contributed by atoms with Crippen LogP contribution in [0, 0.1) is 4.91 Å². The molecule has 1 aromatic carbocycles. The SMILES string of the molecule is COC(=O)c1ccc(C(C(=O)OC)C(=O)OC)c(N=O)c1. The van der Waals surface area contributed by atoms with Gasteiger partial charge in [-0.25, -0.2) is 4.79 Å². The van der Waals surface area contributed by atoms with Crippen molar-refractivity contribution >= 4 is 23.6 Å². The summed E-state index contributed by atoms with van der Waals surface area (Å²) in [6.07, 6.45) is 0. The van der Waals surface area contributed by atoms with Gasteiger partial charge in [-0.15, -0.1) is 4.91 Å². The Bertz CT molecular complexity index is 566. The largest absolute Gasteiger partial charge is 0.468 e. The van der Waals surface area contributed by atoms with E-state index in [0.29, 0.717) is 0 Å². The Morgan fingerprint density at radius 2 is 1.57 bits per heavy atom. The number of nitroso groups, excluding NO2 is 1. The molecule has 0 aliphatic rings. The van der Waals surface area contributed by atoms with Crippen LogP contribution >= 0.6 is 0 Å². The van der Waals surface area contributed by atoms with E-state index in [-0.39, 0.29) is 16.8 Å². The number of carbonyl (C=O) groups excluding carboxylic acids is 3. The summed E-state index contributed by atoms with van der Waals surface area (Å²) in [5, 5.41) is 2.73. The zero-order chi connectivity index (χ0) is 16.0. The summed E-state index contributed by atoms with van der Waals surface area (Å²) in [6.45, 7) is 0. The summed E-state index contributed by atoms with van der Waals surface area (Å²) in [5.74, 6) is -3.95. The maximum atomic E-state index is 11.7.